The number of carbonyl (C=O) groups is 3. The lowest BCUT2D eigenvalue weighted by atomic mass is 9.47. The van der Waals surface area contributed by atoms with E-state index < -0.39 is 70.5 Å². The fourth-order valence-corrected chi connectivity index (χ4v) is 7.03. The Hall–Kier alpha value is -3.15. The summed E-state index contributed by atoms with van der Waals surface area (Å²) in [4.78, 5) is 38.4. The van der Waals surface area contributed by atoms with Crippen LogP contribution in [-0.2, 0) is 23.7 Å². The molecule has 2 saturated carbocycles. The van der Waals surface area contributed by atoms with Crippen molar-refractivity contribution in [2.24, 2.45) is 11.3 Å². The lowest BCUT2D eigenvalue weighted by Crippen LogP contribution is -2.81. The molecule has 206 valence electrons. The highest BCUT2D eigenvalue weighted by atomic mass is 16.6. The first-order valence-electron chi connectivity index (χ1n) is 12.5. The van der Waals surface area contributed by atoms with Gasteiger partial charge in [0.25, 0.3) is 0 Å². The molecule has 1 saturated heterocycles. The van der Waals surface area contributed by atoms with Crippen molar-refractivity contribution in [3.05, 3.63) is 48.3 Å². The average Bonchev–Trinajstić information content (AvgIpc) is 3.56. The van der Waals surface area contributed by atoms with E-state index in [0.29, 0.717) is 0 Å². The number of hydrogen-bond acceptors (Lipinski definition) is 11. The lowest BCUT2D eigenvalue weighted by molar-refractivity contribution is -0.342. The molecule has 0 unspecified atom stereocenters. The Kier molecular flexibility index (Phi) is 6.05. The number of ether oxygens (including phenoxy) is 4. The molecule has 8 atom stereocenters. The van der Waals surface area contributed by atoms with Crippen LogP contribution in [-0.4, -0.2) is 69.3 Å². The standard InChI is InChI=1S/C27H32O11/c1-14(28)35-21-18(36-22(30)16-8-6-10-33-16)13-25(4,32)27-20(29)15(24(2,3)38-27)12-19(26(21,27)5)37-23(31)17-9-7-11-34-17/h6-11,15,18-21,29,32H,12-13H2,1-5H3/t15-,18+,19+,20-,21+,25+,26-,27+/m1/s1. The van der Waals surface area contributed by atoms with Gasteiger partial charge in [-0.1, -0.05) is 0 Å². The molecule has 11 heteroatoms. The van der Waals surface area contributed by atoms with Crippen molar-refractivity contribution in [1.82, 2.24) is 0 Å². The quantitative estimate of drug-likeness (QED) is 0.431. The summed E-state index contributed by atoms with van der Waals surface area (Å²) in [5, 5.41) is 23.7. The van der Waals surface area contributed by atoms with Gasteiger partial charge in [0, 0.05) is 19.3 Å². The summed E-state index contributed by atoms with van der Waals surface area (Å²) in [7, 11) is 0. The topological polar surface area (TPSA) is 155 Å². The SMILES string of the molecule is CC(=O)O[C@H]1[C@@H](OC(=O)c2ccco2)C[C@](C)(O)[C@]23OC(C)(C)[C@H](C[C@H](OC(=O)c4ccco4)[C@]12C)[C@H]3O. The summed E-state index contributed by atoms with van der Waals surface area (Å²) in [5.74, 6) is -2.99. The minimum atomic E-state index is -1.83. The number of aliphatic hydroxyl groups excluding tert-OH is 1. The summed E-state index contributed by atoms with van der Waals surface area (Å²) < 4.78 is 34.4. The number of hydrogen-bond donors (Lipinski definition) is 2. The van der Waals surface area contributed by atoms with Crippen molar-refractivity contribution in [2.45, 2.75) is 88.7 Å². The first-order valence-corrected chi connectivity index (χ1v) is 12.5. The number of fused-ring (bicyclic) bond motifs is 1. The van der Waals surface area contributed by atoms with E-state index in [-0.39, 0.29) is 24.4 Å². The van der Waals surface area contributed by atoms with E-state index in [4.69, 9.17) is 27.8 Å². The molecule has 2 aliphatic carbocycles. The Morgan fingerprint density at radius 1 is 0.947 bits per heavy atom. The molecular weight excluding hydrogens is 500 g/mol. The van der Waals surface area contributed by atoms with Crippen LogP contribution in [0.5, 0.6) is 0 Å². The first kappa shape index (κ1) is 26.5. The highest BCUT2D eigenvalue weighted by molar-refractivity contribution is 5.87. The maximum atomic E-state index is 13.1. The number of carbonyl (C=O) groups excluding carboxylic acids is 3. The zero-order valence-corrected chi connectivity index (χ0v) is 21.8. The third-order valence-electron chi connectivity index (χ3n) is 8.62. The fourth-order valence-electron chi connectivity index (χ4n) is 7.03. The van der Waals surface area contributed by atoms with Crippen LogP contribution in [0.2, 0.25) is 0 Å². The smallest absolute Gasteiger partial charge is 0.374 e. The largest absolute Gasteiger partial charge is 0.458 e. The van der Waals surface area contributed by atoms with Crippen molar-refractivity contribution >= 4 is 17.9 Å². The third-order valence-corrected chi connectivity index (χ3v) is 8.62. The van der Waals surface area contributed by atoms with Crippen LogP contribution < -0.4 is 0 Å². The summed E-state index contributed by atoms with van der Waals surface area (Å²) in [6.45, 7) is 7.85. The molecule has 2 bridgehead atoms. The minimum absolute atomic E-state index is 0.0475. The van der Waals surface area contributed by atoms with Crippen LogP contribution in [0.4, 0.5) is 0 Å². The monoisotopic (exact) mass is 532 g/mol. The van der Waals surface area contributed by atoms with Gasteiger partial charge in [0.05, 0.1) is 35.2 Å². The van der Waals surface area contributed by atoms with Crippen LogP contribution in [0, 0.1) is 11.3 Å². The molecule has 1 spiro atoms. The lowest BCUT2D eigenvalue weighted by Gasteiger charge is -2.65. The van der Waals surface area contributed by atoms with Gasteiger partial charge in [-0.25, -0.2) is 9.59 Å². The predicted molar refractivity (Wildman–Crippen MR) is 127 cm³/mol. The molecule has 0 amide bonds. The molecule has 3 aliphatic rings. The molecule has 3 heterocycles. The zero-order valence-electron chi connectivity index (χ0n) is 21.8. The van der Waals surface area contributed by atoms with Gasteiger partial charge >= 0.3 is 17.9 Å². The molecule has 11 nitrogen and oxygen atoms in total. The molecule has 0 radical (unpaired) electrons. The second-order valence-electron chi connectivity index (χ2n) is 11.3. The molecule has 3 fully saturated rings. The number of furan rings is 2. The molecular formula is C27H32O11. The molecule has 2 aromatic rings. The molecule has 2 aromatic heterocycles. The van der Waals surface area contributed by atoms with Crippen molar-refractivity contribution in [1.29, 1.82) is 0 Å². The van der Waals surface area contributed by atoms with E-state index in [1.54, 1.807) is 20.8 Å². The highest BCUT2D eigenvalue weighted by Crippen LogP contribution is 2.68. The Balaban J connectivity index is 1.64. The molecule has 1 aliphatic heterocycles. The van der Waals surface area contributed by atoms with Crippen LogP contribution in [0.1, 0.15) is 68.6 Å². The van der Waals surface area contributed by atoms with Crippen LogP contribution in [0.25, 0.3) is 0 Å². The van der Waals surface area contributed by atoms with E-state index in [2.05, 4.69) is 0 Å². The van der Waals surface area contributed by atoms with Gasteiger partial charge in [0.2, 0.25) is 11.5 Å². The summed E-state index contributed by atoms with van der Waals surface area (Å²) in [6, 6.07) is 5.92. The third kappa shape index (κ3) is 3.63. The average molecular weight is 533 g/mol. The summed E-state index contributed by atoms with van der Waals surface area (Å²) in [6.07, 6.45) is -2.24. The van der Waals surface area contributed by atoms with Gasteiger partial charge in [-0.2, -0.15) is 0 Å². The molecule has 38 heavy (non-hydrogen) atoms. The van der Waals surface area contributed by atoms with Gasteiger partial charge < -0.3 is 38.0 Å². The van der Waals surface area contributed by atoms with Crippen molar-refractivity contribution in [3.63, 3.8) is 0 Å². The zero-order chi connectivity index (χ0) is 27.7. The molecule has 5 rings (SSSR count). The van der Waals surface area contributed by atoms with E-state index in [1.807, 2.05) is 0 Å². The fraction of sp³-hybridized carbons (Fsp3) is 0.593. The van der Waals surface area contributed by atoms with E-state index in [0.717, 1.165) is 0 Å². The van der Waals surface area contributed by atoms with Gasteiger partial charge in [-0.15, -0.1) is 0 Å². The van der Waals surface area contributed by atoms with E-state index in [9.17, 15) is 24.6 Å². The van der Waals surface area contributed by atoms with E-state index >= 15 is 0 Å². The normalized spacial score (nSPS) is 39.2. The van der Waals surface area contributed by atoms with Gasteiger partial charge in [0.15, 0.2) is 6.10 Å². The van der Waals surface area contributed by atoms with Crippen LogP contribution >= 0.6 is 0 Å². The number of aliphatic hydroxyl groups is 2. The summed E-state index contributed by atoms with van der Waals surface area (Å²) in [5.41, 5.74) is -6.13. The Bertz CT molecular complexity index is 1210. The minimum Gasteiger partial charge on any atom is -0.458 e. The van der Waals surface area contributed by atoms with Crippen molar-refractivity contribution in [3.8, 4) is 0 Å². The highest BCUT2D eigenvalue weighted by Gasteiger charge is 2.83. The van der Waals surface area contributed by atoms with E-state index in [1.165, 1.54) is 50.6 Å². The van der Waals surface area contributed by atoms with Gasteiger partial charge in [-0.3, -0.25) is 4.79 Å². The number of esters is 3. The Morgan fingerprint density at radius 3 is 2.05 bits per heavy atom. The second kappa shape index (κ2) is 8.69. The maximum absolute atomic E-state index is 13.1. The predicted octanol–water partition coefficient (Wildman–Crippen LogP) is 2.64. The van der Waals surface area contributed by atoms with Crippen molar-refractivity contribution in [2.75, 3.05) is 0 Å². The summed E-state index contributed by atoms with van der Waals surface area (Å²) >= 11 is 0. The van der Waals surface area contributed by atoms with Crippen molar-refractivity contribution < 1.29 is 52.4 Å². The Morgan fingerprint density at radius 2 is 1.53 bits per heavy atom. The Labute approximate surface area is 219 Å². The van der Waals surface area contributed by atoms with Crippen LogP contribution in [0.15, 0.2) is 45.6 Å². The molecule has 2 N–H and O–H groups in total. The van der Waals surface area contributed by atoms with Crippen LogP contribution in [0.3, 0.4) is 0 Å². The van der Waals surface area contributed by atoms with Gasteiger partial charge in [-0.05, 0) is 58.4 Å². The number of rotatable bonds is 5. The second-order valence-corrected chi connectivity index (χ2v) is 11.3. The maximum Gasteiger partial charge on any atom is 0.374 e. The molecule has 0 aromatic carbocycles. The van der Waals surface area contributed by atoms with Gasteiger partial charge in [0.1, 0.15) is 17.8 Å². The first-order chi connectivity index (χ1) is 17.7.